The Morgan fingerprint density at radius 3 is 2.38 bits per heavy atom. The van der Waals surface area contributed by atoms with Crippen molar-refractivity contribution < 1.29 is 14.3 Å². The largest absolute Gasteiger partial charge is 0.467 e. The molecule has 0 aliphatic heterocycles. The number of hydrogen-bond donors (Lipinski definition) is 2. The minimum atomic E-state index is -0.541. The number of nitrogens with one attached hydrogen (secondary N) is 2. The third-order valence-electron chi connectivity index (χ3n) is 2.74. The molecule has 2 N–H and O–H groups in total. The predicted molar refractivity (Wildman–Crippen MR) is 79.4 cm³/mol. The standard InChI is InChI=1S/C13H23N5O3/c1-6-7-14-11-16-12(18-13(17-11)21-5)15-9(8(2)3)10(19)20-4/h8-9H,6-7H2,1-5H3,(H2,14,15,16,17,18). The number of hydrogen-bond acceptors (Lipinski definition) is 8. The normalized spacial score (nSPS) is 11.9. The second-order valence-corrected chi connectivity index (χ2v) is 4.79. The second-order valence-electron chi connectivity index (χ2n) is 4.79. The molecule has 1 heterocycles. The van der Waals surface area contributed by atoms with Crippen LogP contribution in [0.3, 0.4) is 0 Å². The molecule has 0 radical (unpaired) electrons. The quantitative estimate of drug-likeness (QED) is 0.693. The van der Waals surface area contributed by atoms with E-state index in [9.17, 15) is 4.79 Å². The fourth-order valence-electron chi connectivity index (χ4n) is 1.59. The summed E-state index contributed by atoms with van der Waals surface area (Å²) in [6.07, 6.45) is 0.938. The topological polar surface area (TPSA) is 98.3 Å². The molecule has 1 unspecified atom stereocenters. The average Bonchev–Trinajstić information content (AvgIpc) is 2.49. The lowest BCUT2D eigenvalue weighted by molar-refractivity contribution is -0.142. The van der Waals surface area contributed by atoms with Gasteiger partial charge in [0, 0.05) is 6.54 Å². The first-order chi connectivity index (χ1) is 10.0. The first-order valence-electron chi connectivity index (χ1n) is 6.90. The highest BCUT2D eigenvalue weighted by molar-refractivity contribution is 5.78. The molecule has 0 saturated heterocycles. The highest BCUT2D eigenvalue weighted by Crippen LogP contribution is 2.15. The monoisotopic (exact) mass is 297 g/mol. The van der Waals surface area contributed by atoms with Crippen LogP contribution < -0.4 is 15.4 Å². The zero-order chi connectivity index (χ0) is 15.8. The summed E-state index contributed by atoms with van der Waals surface area (Å²) in [5, 5.41) is 6.02. The molecule has 0 fully saturated rings. The maximum absolute atomic E-state index is 11.8. The van der Waals surface area contributed by atoms with Crippen molar-refractivity contribution in [1.82, 2.24) is 15.0 Å². The van der Waals surface area contributed by atoms with E-state index < -0.39 is 6.04 Å². The molecule has 8 nitrogen and oxygen atoms in total. The molecule has 0 bridgehead atoms. The first-order valence-corrected chi connectivity index (χ1v) is 6.90. The van der Waals surface area contributed by atoms with E-state index in [0.717, 1.165) is 13.0 Å². The van der Waals surface area contributed by atoms with Gasteiger partial charge in [0.05, 0.1) is 14.2 Å². The summed E-state index contributed by atoms with van der Waals surface area (Å²) in [5.74, 6) is 0.322. The number of anilines is 2. The Morgan fingerprint density at radius 2 is 1.86 bits per heavy atom. The molecule has 8 heteroatoms. The summed E-state index contributed by atoms with van der Waals surface area (Å²) in [6.45, 7) is 6.58. The number of carbonyl (C=O) groups excluding carboxylic acids is 1. The molecular formula is C13H23N5O3. The summed E-state index contributed by atoms with van der Waals surface area (Å²) in [6, 6.07) is -0.361. The maximum Gasteiger partial charge on any atom is 0.328 e. The molecule has 0 amide bonds. The molecule has 1 aromatic rings. The third kappa shape index (κ3) is 5.05. The van der Waals surface area contributed by atoms with Crippen LogP contribution in [-0.4, -0.2) is 47.7 Å². The number of aromatic nitrogens is 3. The summed E-state index contributed by atoms with van der Waals surface area (Å²) in [5.41, 5.74) is 0. The van der Waals surface area contributed by atoms with E-state index in [-0.39, 0.29) is 23.8 Å². The van der Waals surface area contributed by atoms with Gasteiger partial charge in [-0.3, -0.25) is 0 Å². The third-order valence-corrected chi connectivity index (χ3v) is 2.74. The highest BCUT2D eigenvalue weighted by atomic mass is 16.5. The molecule has 0 aromatic carbocycles. The minimum absolute atomic E-state index is 0.0206. The number of esters is 1. The Balaban J connectivity index is 2.96. The van der Waals surface area contributed by atoms with Crippen molar-refractivity contribution in [3.8, 4) is 6.01 Å². The zero-order valence-corrected chi connectivity index (χ0v) is 13.1. The van der Waals surface area contributed by atoms with Crippen LogP contribution in [0.4, 0.5) is 11.9 Å². The maximum atomic E-state index is 11.8. The molecule has 0 aliphatic rings. The number of methoxy groups -OCH3 is 2. The van der Waals surface area contributed by atoms with Gasteiger partial charge in [0.15, 0.2) is 0 Å². The van der Waals surface area contributed by atoms with Crippen LogP contribution in [0.2, 0.25) is 0 Å². The van der Waals surface area contributed by atoms with Crippen molar-refractivity contribution in [3.05, 3.63) is 0 Å². The van der Waals surface area contributed by atoms with E-state index in [0.29, 0.717) is 5.95 Å². The zero-order valence-electron chi connectivity index (χ0n) is 13.1. The fraction of sp³-hybridized carbons (Fsp3) is 0.692. The van der Waals surface area contributed by atoms with Gasteiger partial charge in [0.25, 0.3) is 0 Å². The van der Waals surface area contributed by atoms with E-state index in [1.54, 1.807) is 0 Å². The molecule has 21 heavy (non-hydrogen) atoms. The van der Waals surface area contributed by atoms with Gasteiger partial charge in [0.2, 0.25) is 11.9 Å². The fourth-order valence-corrected chi connectivity index (χ4v) is 1.59. The smallest absolute Gasteiger partial charge is 0.328 e. The Labute approximate surface area is 124 Å². The van der Waals surface area contributed by atoms with Gasteiger partial charge in [-0.2, -0.15) is 15.0 Å². The number of carbonyl (C=O) groups is 1. The van der Waals surface area contributed by atoms with Crippen molar-refractivity contribution in [2.75, 3.05) is 31.4 Å². The predicted octanol–water partition coefficient (Wildman–Crippen LogP) is 1.31. The Hall–Kier alpha value is -2.12. The first kappa shape index (κ1) is 16.9. The van der Waals surface area contributed by atoms with Gasteiger partial charge >= 0.3 is 12.0 Å². The lowest BCUT2D eigenvalue weighted by atomic mass is 10.1. The summed E-state index contributed by atoms with van der Waals surface area (Å²) < 4.78 is 9.82. The molecule has 118 valence electrons. The number of nitrogens with zero attached hydrogens (tertiary/aromatic N) is 3. The average molecular weight is 297 g/mol. The van der Waals surface area contributed by atoms with Crippen molar-refractivity contribution in [2.24, 2.45) is 5.92 Å². The Kier molecular flexibility index (Phi) is 6.64. The molecule has 0 aliphatic carbocycles. The summed E-state index contributed by atoms with van der Waals surface area (Å²) in [4.78, 5) is 24.2. The van der Waals surface area contributed by atoms with Crippen molar-refractivity contribution in [2.45, 2.75) is 33.2 Å². The van der Waals surface area contributed by atoms with Crippen LogP contribution in [-0.2, 0) is 9.53 Å². The van der Waals surface area contributed by atoms with Crippen molar-refractivity contribution in [1.29, 1.82) is 0 Å². The van der Waals surface area contributed by atoms with Gasteiger partial charge in [-0.25, -0.2) is 4.79 Å². The molecule has 0 spiro atoms. The summed E-state index contributed by atoms with van der Waals surface area (Å²) >= 11 is 0. The Bertz CT molecular complexity index is 467. The van der Waals surface area contributed by atoms with E-state index in [1.165, 1.54) is 14.2 Å². The second kappa shape index (κ2) is 8.23. The van der Waals surface area contributed by atoms with Gasteiger partial charge in [-0.15, -0.1) is 0 Å². The van der Waals surface area contributed by atoms with E-state index in [1.807, 2.05) is 20.8 Å². The van der Waals surface area contributed by atoms with Crippen LogP contribution >= 0.6 is 0 Å². The van der Waals surface area contributed by atoms with E-state index in [2.05, 4.69) is 25.6 Å². The van der Waals surface area contributed by atoms with Crippen LogP contribution in [0.1, 0.15) is 27.2 Å². The van der Waals surface area contributed by atoms with Gasteiger partial charge in [0.1, 0.15) is 6.04 Å². The van der Waals surface area contributed by atoms with Crippen LogP contribution in [0.15, 0.2) is 0 Å². The van der Waals surface area contributed by atoms with E-state index >= 15 is 0 Å². The number of rotatable bonds is 8. The van der Waals surface area contributed by atoms with Gasteiger partial charge < -0.3 is 20.1 Å². The minimum Gasteiger partial charge on any atom is -0.467 e. The van der Waals surface area contributed by atoms with Gasteiger partial charge in [-0.05, 0) is 12.3 Å². The molecule has 0 saturated carbocycles. The van der Waals surface area contributed by atoms with E-state index in [4.69, 9.17) is 9.47 Å². The van der Waals surface area contributed by atoms with Crippen molar-refractivity contribution in [3.63, 3.8) is 0 Å². The number of ether oxygens (including phenoxy) is 2. The van der Waals surface area contributed by atoms with Crippen molar-refractivity contribution >= 4 is 17.9 Å². The summed E-state index contributed by atoms with van der Waals surface area (Å²) in [7, 11) is 2.82. The lowest BCUT2D eigenvalue weighted by Crippen LogP contribution is -2.36. The molecule has 1 rings (SSSR count). The lowest BCUT2D eigenvalue weighted by Gasteiger charge is -2.20. The molecule has 1 aromatic heterocycles. The van der Waals surface area contributed by atoms with Crippen LogP contribution in [0, 0.1) is 5.92 Å². The SMILES string of the molecule is CCCNc1nc(NC(C(=O)OC)C(C)C)nc(OC)n1. The van der Waals surface area contributed by atoms with Gasteiger partial charge in [-0.1, -0.05) is 20.8 Å². The Morgan fingerprint density at radius 1 is 1.19 bits per heavy atom. The van der Waals surface area contributed by atoms with Crippen LogP contribution in [0.5, 0.6) is 6.01 Å². The molecule has 1 atom stereocenters. The molecular weight excluding hydrogens is 274 g/mol. The highest BCUT2D eigenvalue weighted by Gasteiger charge is 2.24. The van der Waals surface area contributed by atoms with Crippen LogP contribution in [0.25, 0.3) is 0 Å².